The molecule has 1 fully saturated rings. The normalized spacial score (nSPS) is 28.7. The van der Waals surface area contributed by atoms with Gasteiger partial charge in [-0.05, 0) is 19.3 Å². The first kappa shape index (κ1) is 10.5. The molecule has 4 heteroatoms. The third-order valence-corrected chi connectivity index (χ3v) is 2.42. The predicted octanol–water partition coefficient (Wildman–Crippen LogP) is 0.639. The molecule has 0 aromatic carbocycles. The van der Waals surface area contributed by atoms with Crippen LogP contribution >= 0.6 is 0 Å². The Balaban J connectivity index is 2.29. The van der Waals surface area contributed by atoms with Gasteiger partial charge < -0.3 is 14.9 Å². The van der Waals surface area contributed by atoms with Crippen LogP contribution in [0.4, 0.5) is 0 Å². The van der Waals surface area contributed by atoms with E-state index in [0.29, 0.717) is 13.0 Å². The molecule has 1 aliphatic carbocycles. The molecule has 0 aromatic rings. The van der Waals surface area contributed by atoms with Crippen molar-refractivity contribution in [1.29, 1.82) is 0 Å². The number of aliphatic hydroxyl groups is 1. The van der Waals surface area contributed by atoms with Gasteiger partial charge in [0, 0.05) is 0 Å². The second-order valence-electron chi connectivity index (χ2n) is 3.42. The lowest BCUT2D eigenvalue weighted by Crippen LogP contribution is -2.28. The van der Waals surface area contributed by atoms with E-state index in [4.69, 9.17) is 14.9 Å². The van der Waals surface area contributed by atoms with E-state index in [2.05, 4.69) is 0 Å². The van der Waals surface area contributed by atoms with E-state index >= 15 is 0 Å². The van der Waals surface area contributed by atoms with Crippen molar-refractivity contribution in [1.82, 2.24) is 0 Å². The number of aliphatic carboxylic acids is 1. The second-order valence-corrected chi connectivity index (χ2v) is 3.42. The molecule has 13 heavy (non-hydrogen) atoms. The van der Waals surface area contributed by atoms with Crippen LogP contribution in [0.25, 0.3) is 0 Å². The number of hydrogen-bond donors (Lipinski definition) is 2. The summed E-state index contributed by atoms with van der Waals surface area (Å²) in [5.74, 6) is -0.977. The highest BCUT2D eigenvalue weighted by Gasteiger charge is 2.27. The summed E-state index contributed by atoms with van der Waals surface area (Å²) in [4.78, 5) is 10.7. The molecule has 1 rings (SSSR count). The standard InChI is InChI=1S/C9H16O4/c10-4-5-13-8-3-1-2-7(6-8)9(11)12/h7-8,10H,1-6H2,(H,11,12). The summed E-state index contributed by atoms with van der Waals surface area (Å²) in [5, 5.41) is 17.3. The summed E-state index contributed by atoms with van der Waals surface area (Å²) in [6.07, 6.45) is 3.21. The Kier molecular flexibility index (Phi) is 4.18. The molecule has 2 N–H and O–H groups in total. The minimum absolute atomic E-state index is 0.00817. The maximum atomic E-state index is 10.7. The van der Waals surface area contributed by atoms with Crippen molar-refractivity contribution in [3.8, 4) is 0 Å². The van der Waals surface area contributed by atoms with E-state index in [-0.39, 0.29) is 18.6 Å². The highest BCUT2D eigenvalue weighted by molar-refractivity contribution is 5.70. The average Bonchev–Trinajstić information content (AvgIpc) is 2.15. The second kappa shape index (κ2) is 5.19. The molecule has 76 valence electrons. The first-order chi connectivity index (χ1) is 6.24. The fourth-order valence-electron chi connectivity index (χ4n) is 1.74. The Morgan fingerprint density at radius 3 is 2.85 bits per heavy atom. The topological polar surface area (TPSA) is 66.8 Å². The lowest BCUT2D eigenvalue weighted by Gasteiger charge is -2.26. The lowest BCUT2D eigenvalue weighted by molar-refractivity contribution is -0.144. The van der Waals surface area contributed by atoms with E-state index in [1.54, 1.807) is 0 Å². The number of carboxylic acids is 1. The number of hydrogen-bond acceptors (Lipinski definition) is 3. The zero-order chi connectivity index (χ0) is 9.68. The SMILES string of the molecule is O=C(O)C1CCCC(OCCO)C1. The van der Waals surface area contributed by atoms with Crippen molar-refractivity contribution in [2.45, 2.75) is 31.8 Å². The van der Waals surface area contributed by atoms with Crippen molar-refractivity contribution in [3.05, 3.63) is 0 Å². The Bertz CT molecular complexity index is 169. The van der Waals surface area contributed by atoms with Gasteiger partial charge in [0.1, 0.15) is 0 Å². The van der Waals surface area contributed by atoms with E-state index in [1.165, 1.54) is 0 Å². The van der Waals surface area contributed by atoms with Gasteiger partial charge in [-0.3, -0.25) is 4.79 Å². The summed E-state index contributed by atoms with van der Waals surface area (Å²) in [7, 11) is 0. The Hall–Kier alpha value is -0.610. The van der Waals surface area contributed by atoms with E-state index < -0.39 is 5.97 Å². The quantitative estimate of drug-likeness (QED) is 0.679. The molecule has 4 nitrogen and oxygen atoms in total. The largest absolute Gasteiger partial charge is 0.481 e. The maximum Gasteiger partial charge on any atom is 0.306 e. The maximum absolute atomic E-state index is 10.7. The van der Waals surface area contributed by atoms with Crippen molar-refractivity contribution in [2.24, 2.45) is 5.92 Å². The van der Waals surface area contributed by atoms with Crippen molar-refractivity contribution in [2.75, 3.05) is 13.2 Å². The monoisotopic (exact) mass is 188 g/mol. The predicted molar refractivity (Wildman–Crippen MR) is 46.4 cm³/mol. The summed E-state index contributed by atoms with van der Waals surface area (Å²) in [5.41, 5.74) is 0. The number of aliphatic hydroxyl groups excluding tert-OH is 1. The van der Waals surface area contributed by atoms with Crippen LogP contribution in [0.5, 0.6) is 0 Å². The van der Waals surface area contributed by atoms with Gasteiger partial charge in [-0.1, -0.05) is 6.42 Å². The van der Waals surface area contributed by atoms with Gasteiger partial charge in [0.15, 0.2) is 0 Å². The van der Waals surface area contributed by atoms with Crippen molar-refractivity contribution in [3.63, 3.8) is 0 Å². The number of ether oxygens (including phenoxy) is 1. The van der Waals surface area contributed by atoms with Crippen molar-refractivity contribution >= 4 is 5.97 Å². The third-order valence-electron chi connectivity index (χ3n) is 2.42. The van der Waals surface area contributed by atoms with Gasteiger partial charge in [-0.2, -0.15) is 0 Å². The lowest BCUT2D eigenvalue weighted by atomic mass is 9.87. The first-order valence-electron chi connectivity index (χ1n) is 4.69. The number of carbonyl (C=O) groups is 1. The third kappa shape index (κ3) is 3.32. The molecule has 2 unspecified atom stereocenters. The van der Waals surface area contributed by atoms with E-state index in [0.717, 1.165) is 19.3 Å². The van der Waals surface area contributed by atoms with E-state index in [9.17, 15) is 4.79 Å². The van der Waals surface area contributed by atoms with Gasteiger partial charge in [0.05, 0.1) is 25.2 Å². The first-order valence-corrected chi connectivity index (χ1v) is 4.69. The molecule has 0 amide bonds. The van der Waals surface area contributed by atoms with Crippen LogP contribution < -0.4 is 0 Å². The number of rotatable bonds is 4. The van der Waals surface area contributed by atoms with Gasteiger partial charge in [-0.15, -0.1) is 0 Å². The van der Waals surface area contributed by atoms with Crippen LogP contribution in [0, 0.1) is 5.92 Å². The minimum Gasteiger partial charge on any atom is -0.481 e. The Morgan fingerprint density at radius 1 is 1.46 bits per heavy atom. The van der Waals surface area contributed by atoms with Crippen LogP contribution in [0.2, 0.25) is 0 Å². The zero-order valence-electron chi connectivity index (χ0n) is 7.61. The molecule has 0 heterocycles. The summed E-state index contributed by atoms with van der Waals surface area (Å²) in [6, 6.07) is 0. The van der Waals surface area contributed by atoms with Crippen molar-refractivity contribution < 1.29 is 19.7 Å². The molecule has 0 radical (unpaired) electrons. The molecule has 0 aromatic heterocycles. The molecule has 0 saturated heterocycles. The summed E-state index contributed by atoms with van der Waals surface area (Å²) >= 11 is 0. The zero-order valence-corrected chi connectivity index (χ0v) is 7.61. The van der Waals surface area contributed by atoms with Crippen LogP contribution in [-0.2, 0) is 9.53 Å². The molecule has 0 bridgehead atoms. The highest BCUT2D eigenvalue weighted by atomic mass is 16.5. The van der Waals surface area contributed by atoms with Crippen LogP contribution in [0.15, 0.2) is 0 Å². The number of carboxylic acid groups (broad SMARTS) is 1. The highest BCUT2D eigenvalue weighted by Crippen LogP contribution is 2.26. The van der Waals surface area contributed by atoms with E-state index in [1.807, 2.05) is 0 Å². The summed E-state index contributed by atoms with van der Waals surface area (Å²) < 4.78 is 5.30. The smallest absolute Gasteiger partial charge is 0.306 e. The van der Waals surface area contributed by atoms with Gasteiger partial charge in [0.25, 0.3) is 0 Å². The Morgan fingerprint density at radius 2 is 2.23 bits per heavy atom. The van der Waals surface area contributed by atoms with Crippen LogP contribution in [0.3, 0.4) is 0 Å². The summed E-state index contributed by atoms with van der Waals surface area (Å²) in [6.45, 7) is 0.325. The van der Waals surface area contributed by atoms with Gasteiger partial charge in [-0.25, -0.2) is 0 Å². The van der Waals surface area contributed by atoms with Gasteiger partial charge >= 0.3 is 5.97 Å². The molecule has 1 saturated carbocycles. The Labute approximate surface area is 77.5 Å². The fraction of sp³-hybridized carbons (Fsp3) is 0.889. The molecule has 1 aliphatic rings. The molecule has 2 atom stereocenters. The van der Waals surface area contributed by atoms with Gasteiger partial charge in [0.2, 0.25) is 0 Å². The minimum atomic E-state index is -0.725. The molecular formula is C9H16O4. The van der Waals surface area contributed by atoms with Crippen LogP contribution in [-0.4, -0.2) is 35.5 Å². The average molecular weight is 188 g/mol. The molecular weight excluding hydrogens is 172 g/mol. The van der Waals surface area contributed by atoms with Crippen LogP contribution in [0.1, 0.15) is 25.7 Å². The fourth-order valence-corrected chi connectivity index (χ4v) is 1.74. The molecule has 0 spiro atoms. The molecule has 0 aliphatic heterocycles.